The lowest BCUT2D eigenvalue weighted by Gasteiger charge is -2.39. The molecule has 1 aliphatic rings. The van der Waals surface area contributed by atoms with Gasteiger partial charge in [0.15, 0.2) is 0 Å². The zero-order valence-corrected chi connectivity index (χ0v) is 10.0. The van der Waals surface area contributed by atoms with Crippen LogP contribution in [-0.2, 0) is 5.41 Å². The maximum Gasteiger partial charge on any atom is 0.248 e. The molecule has 0 unspecified atom stereocenters. The Hall–Kier alpha value is -1.03. The molecule has 1 saturated carbocycles. The van der Waals surface area contributed by atoms with Crippen molar-refractivity contribution in [1.29, 1.82) is 0 Å². The minimum Gasteiger partial charge on any atom is -0.330 e. The number of nitrogens with zero attached hydrogens (tertiary/aromatic N) is 1. The second-order valence-electron chi connectivity index (χ2n) is 5.01. The van der Waals surface area contributed by atoms with E-state index < -0.39 is 5.92 Å². The van der Waals surface area contributed by atoms with E-state index in [0.29, 0.717) is 19.4 Å². The van der Waals surface area contributed by atoms with Crippen molar-refractivity contribution >= 4 is 0 Å². The molecule has 0 aromatic carbocycles. The van der Waals surface area contributed by atoms with Gasteiger partial charge in [-0.15, -0.1) is 0 Å². The average Bonchev–Trinajstić information content (AvgIpc) is 2.31. The summed E-state index contributed by atoms with van der Waals surface area (Å²) >= 11 is 0. The van der Waals surface area contributed by atoms with Crippen LogP contribution in [0.5, 0.6) is 0 Å². The summed E-state index contributed by atoms with van der Waals surface area (Å²) in [5.74, 6) is -2.53. The second kappa shape index (κ2) is 4.33. The molecule has 0 saturated heterocycles. The molecule has 2 N–H and O–H groups in total. The van der Waals surface area contributed by atoms with Crippen LogP contribution in [-0.4, -0.2) is 17.5 Å². The van der Waals surface area contributed by atoms with Crippen LogP contribution in [0.25, 0.3) is 0 Å². The Labute approximate surface area is 100 Å². The van der Waals surface area contributed by atoms with Gasteiger partial charge in [-0.2, -0.15) is 0 Å². The lowest BCUT2D eigenvalue weighted by atomic mass is 9.69. The smallest absolute Gasteiger partial charge is 0.248 e. The number of aromatic nitrogens is 1. The Bertz CT molecular complexity index is 394. The average molecular weight is 240 g/mol. The van der Waals surface area contributed by atoms with E-state index in [1.807, 2.05) is 19.1 Å². The van der Waals surface area contributed by atoms with Crippen molar-refractivity contribution in [3.05, 3.63) is 29.6 Å². The van der Waals surface area contributed by atoms with E-state index in [2.05, 4.69) is 4.98 Å². The number of halogens is 2. The Morgan fingerprint density at radius 2 is 1.94 bits per heavy atom. The molecule has 1 aromatic heterocycles. The van der Waals surface area contributed by atoms with Crippen molar-refractivity contribution < 1.29 is 8.78 Å². The van der Waals surface area contributed by atoms with Crippen molar-refractivity contribution in [2.24, 2.45) is 5.73 Å². The van der Waals surface area contributed by atoms with E-state index in [0.717, 1.165) is 11.3 Å². The molecule has 4 heteroatoms. The van der Waals surface area contributed by atoms with Crippen molar-refractivity contribution in [2.45, 2.75) is 43.9 Å². The predicted octanol–water partition coefficient (Wildman–Crippen LogP) is 2.80. The molecule has 0 spiro atoms. The molecule has 0 radical (unpaired) electrons. The molecular formula is C13H18F2N2. The van der Waals surface area contributed by atoms with Gasteiger partial charge in [-0.1, -0.05) is 6.07 Å². The van der Waals surface area contributed by atoms with E-state index in [1.54, 1.807) is 6.20 Å². The van der Waals surface area contributed by atoms with E-state index in [-0.39, 0.29) is 18.3 Å². The minimum atomic E-state index is -2.53. The summed E-state index contributed by atoms with van der Waals surface area (Å²) in [4.78, 5) is 4.37. The third-order valence-electron chi connectivity index (χ3n) is 3.84. The highest BCUT2D eigenvalue weighted by molar-refractivity contribution is 5.28. The maximum absolute atomic E-state index is 13.2. The number of pyridine rings is 1. The molecule has 0 amide bonds. The standard InChI is InChI=1S/C13H18F2N2/c1-10-3-2-8-17-11(10)12(9-16)4-6-13(14,15)7-5-12/h2-3,8H,4-7,9,16H2,1H3. The van der Waals surface area contributed by atoms with Gasteiger partial charge >= 0.3 is 0 Å². The first-order chi connectivity index (χ1) is 7.99. The maximum atomic E-state index is 13.2. The Balaban J connectivity index is 2.31. The summed E-state index contributed by atoms with van der Waals surface area (Å²) in [6, 6.07) is 3.83. The molecule has 1 aliphatic carbocycles. The highest BCUT2D eigenvalue weighted by atomic mass is 19.3. The van der Waals surface area contributed by atoms with Crippen LogP contribution in [0.3, 0.4) is 0 Å². The molecule has 0 bridgehead atoms. The van der Waals surface area contributed by atoms with E-state index in [9.17, 15) is 8.78 Å². The van der Waals surface area contributed by atoms with Gasteiger partial charge in [0.05, 0.1) is 5.69 Å². The molecule has 0 aliphatic heterocycles. The van der Waals surface area contributed by atoms with Gasteiger partial charge in [-0.25, -0.2) is 8.78 Å². The SMILES string of the molecule is Cc1cccnc1C1(CN)CCC(F)(F)CC1. The summed E-state index contributed by atoms with van der Waals surface area (Å²) in [7, 11) is 0. The number of nitrogens with two attached hydrogens (primary N) is 1. The monoisotopic (exact) mass is 240 g/mol. The van der Waals surface area contributed by atoms with Crippen LogP contribution >= 0.6 is 0 Å². The molecule has 2 rings (SSSR count). The second-order valence-corrected chi connectivity index (χ2v) is 5.01. The lowest BCUT2D eigenvalue weighted by Crippen LogP contribution is -2.43. The fourth-order valence-corrected chi connectivity index (χ4v) is 2.67. The lowest BCUT2D eigenvalue weighted by molar-refractivity contribution is -0.0514. The molecule has 94 valence electrons. The van der Waals surface area contributed by atoms with Gasteiger partial charge < -0.3 is 5.73 Å². The highest BCUT2D eigenvalue weighted by Gasteiger charge is 2.44. The molecular weight excluding hydrogens is 222 g/mol. The van der Waals surface area contributed by atoms with Crippen LogP contribution in [0, 0.1) is 6.92 Å². The van der Waals surface area contributed by atoms with Crippen LogP contribution in [0.15, 0.2) is 18.3 Å². The largest absolute Gasteiger partial charge is 0.330 e. The number of aryl methyl sites for hydroxylation is 1. The predicted molar refractivity (Wildman–Crippen MR) is 63.1 cm³/mol. The zero-order valence-electron chi connectivity index (χ0n) is 10.0. The normalized spacial score (nSPS) is 22.4. The van der Waals surface area contributed by atoms with Crippen molar-refractivity contribution in [1.82, 2.24) is 4.98 Å². The highest BCUT2D eigenvalue weighted by Crippen LogP contribution is 2.44. The molecule has 2 nitrogen and oxygen atoms in total. The first kappa shape index (κ1) is 12.4. The van der Waals surface area contributed by atoms with Crippen LogP contribution < -0.4 is 5.73 Å². The Kier molecular flexibility index (Phi) is 3.17. The number of hydrogen-bond acceptors (Lipinski definition) is 2. The molecule has 17 heavy (non-hydrogen) atoms. The zero-order chi connectivity index (χ0) is 12.5. The van der Waals surface area contributed by atoms with Gasteiger partial charge in [-0.3, -0.25) is 4.98 Å². The molecule has 1 aromatic rings. The summed E-state index contributed by atoms with van der Waals surface area (Å²) in [5, 5.41) is 0. The number of rotatable bonds is 2. The van der Waals surface area contributed by atoms with Crippen molar-refractivity contribution in [2.75, 3.05) is 6.54 Å². The van der Waals surface area contributed by atoms with Gasteiger partial charge in [0.1, 0.15) is 0 Å². The fourth-order valence-electron chi connectivity index (χ4n) is 2.67. The van der Waals surface area contributed by atoms with E-state index in [4.69, 9.17) is 5.73 Å². The minimum absolute atomic E-state index is 0.0831. The first-order valence-electron chi connectivity index (χ1n) is 5.99. The third-order valence-corrected chi connectivity index (χ3v) is 3.84. The fraction of sp³-hybridized carbons (Fsp3) is 0.615. The summed E-state index contributed by atoms with van der Waals surface area (Å²) in [6.45, 7) is 2.35. The number of alkyl halides is 2. The summed E-state index contributed by atoms with van der Waals surface area (Å²) in [6.07, 6.45) is 2.40. The summed E-state index contributed by atoms with van der Waals surface area (Å²) < 4.78 is 26.5. The van der Waals surface area contributed by atoms with E-state index >= 15 is 0 Å². The quantitative estimate of drug-likeness (QED) is 0.863. The van der Waals surface area contributed by atoms with Gasteiger partial charge in [0.2, 0.25) is 5.92 Å². The molecule has 1 heterocycles. The topological polar surface area (TPSA) is 38.9 Å². The third kappa shape index (κ3) is 2.32. The molecule has 0 atom stereocenters. The Morgan fingerprint density at radius 1 is 1.29 bits per heavy atom. The van der Waals surface area contributed by atoms with Crippen molar-refractivity contribution in [3.63, 3.8) is 0 Å². The van der Waals surface area contributed by atoms with Gasteiger partial charge in [0, 0.05) is 31.0 Å². The van der Waals surface area contributed by atoms with Crippen molar-refractivity contribution in [3.8, 4) is 0 Å². The van der Waals surface area contributed by atoms with Gasteiger partial charge in [-0.05, 0) is 31.4 Å². The summed E-state index contributed by atoms with van der Waals surface area (Å²) in [5.41, 5.74) is 7.43. The van der Waals surface area contributed by atoms with Gasteiger partial charge in [0.25, 0.3) is 0 Å². The Morgan fingerprint density at radius 3 is 2.47 bits per heavy atom. The van der Waals surface area contributed by atoms with Crippen LogP contribution in [0.4, 0.5) is 8.78 Å². The first-order valence-corrected chi connectivity index (χ1v) is 5.99. The van der Waals surface area contributed by atoms with E-state index in [1.165, 1.54) is 0 Å². The van der Waals surface area contributed by atoms with Crippen LogP contribution in [0.1, 0.15) is 36.9 Å². The molecule has 1 fully saturated rings. The van der Waals surface area contributed by atoms with Crippen LogP contribution in [0.2, 0.25) is 0 Å². The number of hydrogen-bond donors (Lipinski definition) is 1.